The van der Waals surface area contributed by atoms with Crippen molar-refractivity contribution >= 4 is 0 Å². The molecule has 68 valence electrons. The molecule has 12 heavy (non-hydrogen) atoms. The van der Waals surface area contributed by atoms with Crippen molar-refractivity contribution in [1.29, 1.82) is 0 Å². The minimum atomic E-state index is -0.722. The Labute approximate surface area is 71.6 Å². The molecular weight excluding hydrogens is 156 g/mol. The van der Waals surface area contributed by atoms with E-state index in [4.69, 9.17) is 4.42 Å². The second-order valence-electron chi connectivity index (χ2n) is 3.06. The van der Waals surface area contributed by atoms with Crippen molar-refractivity contribution in [3.8, 4) is 0 Å². The molecule has 1 rings (SSSR count). The smallest absolute Gasteiger partial charge is 0.132 e. The van der Waals surface area contributed by atoms with E-state index >= 15 is 0 Å². The van der Waals surface area contributed by atoms with E-state index in [2.05, 4.69) is 0 Å². The van der Waals surface area contributed by atoms with E-state index in [0.717, 1.165) is 0 Å². The van der Waals surface area contributed by atoms with Crippen LogP contribution in [0.25, 0.3) is 0 Å². The first-order valence-electron chi connectivity index (χ1n) is 4.02. The van der Waals surface area contributed by atoms with Gasteiger partial charge in [0.15, 0.2) is 0 Å². The molecular formula is C9H14O3. The predicted octanol–water partition coefficient (Wildman–Crippen LogP) is 1.33. The minimum Gasteiger partial charge on any atom is -0.467 e. The number of hydrogen-bond acceptors (Lipinski definition) is 3. The van der Waals surface area contributed by atoms with Gasteiger partial charge in [-0.25, -0.2) is 0 Å². The summed E-state index contributed by atoms with van der Waals surface area (Å²) in [5.41, 5.74) is 0. The first kappa shape index (κ1) is 9.29. The molecule has 1 aromatic rings. The highest BCUT2D eigenvalue weighted by molar-refractivity contribution is 5.03. The Bertz CT molecular complexity index is 216. The largest absolute Gasteiger partial charge is 0.467 e. The zero-order valence-corrected chi connectivity index (χ0v) is 7.27. The third-order valence-electron chi connectivity index (χ3n) is 2.09. The quantitative estimate of drug-likeness (QED) is 0.719. The molecule has 3 atom stereocenters. The highest BCUT2D eigenvalue weighted by atomic mass is 16.4. The molecule has 0 radical (unpaired) electrons. The number of aliphatic hydroxyl groups excluding tert-OH is 2. The van der Waals surface area contributed by atoms with E-state index in [1.807, 2.05) is 0 Å². The fraction of sp³-hybridized carbons (Fsp3) is 0.556. The van der Waals surface area contributed by atoms with Crippen molar-refractivity contribution < 1.29 is 14.6 Å². The number of rotatable bonds is 3. The van der Waals surface area contributed by atoms with Crippen LogP contribution in [0.1, 0.15) is 25.7 Å². The normalized spacial score (nSPS) is 18.7. The molecule has 0 saturated carbocycles. The van der Waals surface area contributed by atoms with E-state index in [0.29, 0.717) is 5.76 Å². The van der Waals surface area contributed by atoms with Gasteiger partial charge in [0.05, 0.1) is 12.4 Å². The molecule has 0 amide bonds. The summed E-state index contributed by atoms with van der Waals surface area (Å²) in [5, 5.41) is 18.8. The fourth-order valence-corrected chi connectivity index (χ4v) is 0.982. The van der Waals surface area contributed by atoms with Crippen LogP contribution in [0.4, 0.5) is 0 Å². The van der Waals surface area contributed by atoms with E-state index in [1.165, 1.54) is 6.26 Å². The maximum absolute atomic E-state index is 9.59. The lowest BCUT2D eigenvalue weighted by Crippen LogP contribution is -2.20. The molecule has 0 bridgehead atoms. The van der Waals surface area contributed by atoms with Gasteiger partial charge in [-0.1, -0.05) is 6.92 Å². The Morgan fingerprint density at radius 1 is 1.33 bits per heavy atom. The maximum Gasteiger partial charge on any atom is 0.132 e. The lowest BCUT2D eigenvalue weighted by Gasteiger charge is -2.19. The van der Waals surface area contributed by atoms with Gasteiger partial charge in [-0.15, -0.1) is 0 Å². The average molecular weight is 170 g/mol. The predicted molar refractivity (Wildman–Crippen MR) is 44.5 cm³/mol. The summed E-state index contributed by atoms with van der Waals surface area (Å²) in [6.45, 7) is 3.43. The van der Waals surface area contributed by atoms with Gasteiger partial charge in [-0.3, -0.25) is 0 Å². The molecule has 3 heteroatoms. The summed E-state index contributed by atoms with van der Waals surface area (Å²) in [6.07, 6.45) is 0.248. The van der Waals surface area contributed by atoms with Crippen molar-refractivity contribution in [2.45, 2.75) is 26.1 Å². The van der Waals surface area contributed by atoms with Crippen molar-refractivity contribution in [2.24, 2.45) is 5.92 Å². The molecule has 0 aliphatic heterocycles. The molecule has 2 unspecified atom stereocenters. The summed E-state index contributed by atoms with van der Waals surface area (Å²) in [7, 11) is 0. The second-order valence-corrected chi connectivity index (χ2v) is 3.06. The van der Waals surface area contributed by atoms with Crippen LogP contribution >= 0.6 is 0 Å². The third-order valence-corrected chi connectivity index (χ3v) is 2.09. The Morgan fingerprint density at radius 2 is 2.00 bits per heavy atom. The number of hydrogen-bond donors (Lipinski definition) is 2. The first-order chi connectivity index (χ1) is 5.63. The van der Waals surface area contributed by atoms with Crippen LogP contribution in [0.2, 0.25) is 0 Å². The van der Waals surface area contributed by atoms with E-state index in [9.17, 15) is 10.2 Å². The van der Waals surface area contributed by atoms with Crippen molar-refractivity contribution in [3.63, 3.8) is 0 Å². The van der Waals surface area contributed by atoms with Crippen LogP contribution in [0.3, 0.4) is 0 Å². The molecule has 0 spiro atoms. The average Bonchev–Trinajstić information content (AvgIpc) is 2.53. The summed E-state index contributed by atoms with van der Waals surface area (Å²) in [5.74, 6) is 0.291. The van der Waals surface area contributed by atoms with E-state index in [1.54, 1.807) is 26.0 Å². The summed E-state index contributed by atoms with van der Waals surface area (Å²) in [6, 6.07) is 3.41. The topological polar surface area (TPSA) is 53.6 Å². The van der Waals surface area contributed by atoms with Gasteiger partial charge in [-0.05, 0) is 19.1 Å². The van der Waals surface area contributed by atoms with Gasteiger partial charge >= 0.3 is 0 Å². The molecule has 0 aliphatic rings. The standard InChI is InChI=1S/C9H14O3/c1-6(7(2)10)9(11)8-4-3-5-12-8/h3-7,9-11H,1-2H3/t6?,7-,9?/m1/s1. The minimum absolute atomic E-state index is 0.212. The van der Waals surface area contributed by atoms with Gasteiger partial charge in [0.2, 0.25) is 0 Å². The summed E-state index contributed by atoms with van der Waals surface area (Å²) >= 11 is 0. The van der Waals surface area contributed by atoms with Crippen LogP contribution < -0.4 is 0 Å². The van der Waals surface area contributed by atoms with Crippen LogP contribution in [-0.2, 0) is 0 Å². The fourth-order valence-electron chi connectivity index (χ4n) is 0.982. The van der Waals surface area contributed by atoms with Gasteiger partial charge in [0, 0.05) is 5.92 Å². The molecule has 2 N–H and O–H groups in total. The lowest BCUT2D eigenvalue weighted by atomic mass is 9.98. The molecule has 1 heterocycles. The molecule has 0 aromatic carbocycles. The molecule has 0 fully saturated rings. The molecule has 0 saturated heterocycles. The third kappa shape index (κ3) is 1.87. The maximum atomic E-state index is 9.59. The van der Waals surface area contributed by atoms with Gasteiger partial charge in [0.25, 0.3) is 0 Å². The zero-order chi connectivity index (χ0) is 9.14. The Balaban J connectivity index is 2.65. The molecule has 0 aliphatic carbocycles. The lowest BCUT2D eigenvalue weighted by molar-refractivity contribution is 0.0187. The molecule has 1 aromatic heterocycles. The monoisotopic (exact) mass is 170 g/mol. The van der Waals surface area contributed by atoms with Gasteiger partial charge in [0.1, 0.15) is 11.9 Å². The summed E-state index contributed by atoms with van der Waals surface area (Å²) in [4.78, 5) is 0. The van der Waals surface area contributed by atoms with Crippen molar-refractivity contribution in [3.05, 3.63) is 24.2 Å². The Morgan fingerprint density at radius 3 is 2.42 bits per heavy atom. The molecule has 3 nitrogen and oxygen atoms in total. The van der Waals surface area contributed by atoms with Crippen molar-refractivity contribution in [1.82, 2.24) is 0 Å². The highest BCUT2D eigenvalue weighted by Crippen LogP contribution is 2.24. The van der Waals surface area contributed by atoms with Crippen LogP contribution in [0.15, 0.2) is 22.8 Å². The first-order valence-corrected chi connectivity index (χ1v) is 4.02. The van der Waals surface area contributed by atoms with Crippen molar-refractivity contribution in [2.75, 3.05) is 0 Å². The Hall–Kier alpha value is -0.800. The SMILES string of the molecule is CC(C(O)c1ccco1)[C@@H](C)O. The summed E-state index contributed by atoms with van der Waals surface area (Å²) < 4.78 is 5.01. The van der Waals surface area contributed by atoms with E-state index in [-0.39, 0.29) is 5.92 Å². The Kier molecular flexibility index (Phi) is 2.89. The second kappa shape index (κ2) is 3.74. The van der Waals surface area contributed by atoms with Crippen LogP contribution in [0, 0.1) is 5.92 Å². The van der Waals surface area contributed by atoms with Crippen LogP contribution in [0.5, 0.6) is 0 Å². The highest BCUT2D eigenvalue weighted by Gasteiger charge is 2.22. The number of furan rings is 1. The van der Waals surface area contributed by atoms with Crippen LogP contribution in [-0.4, -0.2) is 16.3 Å². The zero-order valence-electron chi connectivity index (χ0n) is 7.27. The van der Waals surface area contributed by atoms with Gasteiger partial charge < -0.3 is 14.6 Å². The number of aliphatic hydroxyl groups is 2. The van der Waals surface area contributed by atoms with Gasteiger partial charge in [-0.2, -0.15) is 0 Å². The van der Waals surface area contributed by atoms with E-state index < -0.39 is 12.2 Å².